The van der Waals surface area contributed by atoms with E-state index in [-0.39, 0.29) is 11.5 Å². The van der Waals surface area contributed by atoms with E-state index in [0.29, 0.717) is 26.9 Å². The first-order valence-electron chi connectivity index (χ1n) is 7.14. The maximum atomic E-state index is 12.2. The van der Waals surface area contributed by atoms with Crippen molar-refractivity contribution in [3.05, 3.63) is 69.2 Å². The van der Waals surface area contributed by atoms with Gasteiger partial charge in [0, 0.05) is 28.3 Å². The van der Waals surface area contributed by atoms with Crippen LogP contribution in [-0.4, -0.2) is 18.9 Å². The molecular formula is C18H13Cl2N3O2. The van der Waals surface area contributed by atoms with E-state index in [2.05, 4.69) is 10.6 Å². The molecule has 25 heavy (non-hydrogen) atoms. The van der Waals surface area contributed by atoms with Crippen molar-refractivity contribution in [1.29, 1.82) is 5.26 Å². The molecule has 0 aromatic heterocycles. The van der Waals surface area contributed by atoms with E-state index < -0.39 is 5.91 Å². The van der Waals surface area contributed by atoms with E-state index in [9.17, 15) is 14.9 Å². The van der Waals surface area contributed by atoms with Crippen LogP contribution in [0, 0.1) is 11.3 Å². The lowest BCUT2D eigenvalue weighted by molar-refractivity contribution is -0.112. The first-order valence-corrected chi connectivity index (χ1v) is 7.90. The molecule has 2 aromatic rings. The van der Waals surface area contributed by atoms with Crippen molar-refractivity contribution in [2.75, 3.05) is 12.4 Å². The smallest absolute Gasteiger partial charge is 0.266 e. The lowest BCUT2D eigenvalue weighted by atomic mass is 10.1. The average Bonchev–Trinajstić information content (AvgIpc) is 2.58. The molecule has 0 aliphatic rings. The number of halogens is 2. The molecular weight excluding hydrogens is 361 g/mol. The fraction of sp³-hybridized carbons (Fsp3) is 0.0556. The number of nitrogens with zero attached hydrogens (tertiary/aromatic N) is 1. The Kier molecular flexibility index (Phi) is 6.18. The molecule has 0 saturated carbocycles. The van der Waals surface area contributed by atoms with Crippen molar-refractivity contribution in [3.63, 3.8) is 0 Å². The van der Waals surface area contributed by atoms with Gasteiger partial charge in [0.1, 0.15) is 11.6 Å². The van der Waals surface area contributed by atoms with Crippen molar-refractivity contribution in [2.45, 2.75) is 0 Å². The van der Waals surface area contributed by atoms with Crippen molar-refractivity contribution in [3.8, 4) is 6.07 Å². The molecule has 126 valence electrons. The second-order valence-corrected chi connectivity index (χ2v) is 5.86. The SMILES string of the molecule is CNC(=O)c1ccc(C=C(C#N)C(=O)Nc2cc(Cl)cc(Cl)c2)cc1. The lowest BCUT2D eigenvalue weighted by Crippen LogP contribution is -2.17. The highest BCUT2D eigenvalue weighted by molar-refractivity contribution is 6.35. The maximum Gasteiger partial charge on any atom is 0.266 e. The molecule has 5 nitrogen and oxygen atoms in total. The van der Waals surface area contributed by atoms with Crippen LogP contribution in [0.25, 0.3) is 6.08 Å². The number of carbonyl (C=O) groups excluding carboxylic acids is 2. The normalized spacial score (nSPS) is 10.7. The third kappa shape index (κ3) is 5.08. The number of nitriles is 1. The first-order chi connectivity index (χ1) is 11.9. The zero-order chi connectivity index (χ0) is 18.4. The van der Waals surface area contributed by atoms with Gasteiger partial charge in [-0.25, -0.2) is 0 Å². The Morgan fingerprint density at radius 3 is 2.20 bits per heavy atom. The molecule has 2 N–H and O–H groups in total. The molecule has 0 saturated heterocycles. The zero-order valence-corrected chi connectivity index (χ0v) is 14.7. The van der Waals surface area contributed by atoms with Gasteiger partial charge in [0.2, 0.25) is 0 Å². The predicted octanol–water partition coefficient (Wildman–Crippen LogP) is 3.90. The highest BCUT2D eigenvalue weighted by Crippen LogP contribution is 2.23. The summed E-state index contributed by atoms with van der Waals surface area (Å²) in [6, 6.07) is 12.9. The van der Waals surface area contributed by atoms with Gasteiger partial charge < -0.3 is 10.6 Å². The number of hydrogen-bond donors (Lipinski definition) is 2. The van der Waals surface area contributed by atoms with E-state index in [1.807, 2.05) is 6.07 Å². The van der Waals surface area contributed by atoms with Crippen LogP contribution >= 0.6 is 23.2 Å². The third-order valence-electron chi connectivity index (χ3n) is 3.20. The standard InChI is InChI=1S/C18H13Cl2N3O2/c1-22-17(24)12-4-2-11(3-5-12)6-13(10-21)18(25)23-16-8-14(19)7-15(20)9-16/h2-9H,1H3,(H,22,24)(H,23,25). The van der Waals surface area contributed by atoms with Crippen molar-refractivity contribution < 1.29 is 9.59 Å². The van der Waals surface area contributed by atoms with E-state index in [0.717, 1.165) is 0 Å². The first kappa shape index (κ1) is 18.5. The highest BCUT2D eigenvalue weighted by Gasteiger charge is 2.11. The molecule has 2 aromatic carbocycles. The molecule has 2 amide bonds. The predicted molar refractivity (Wildman–Crippen MR) is 98.5 cm³/mol. The Morgan fingerprint density at radius 2 is 1.68 bits per heavy atom. The monoisotopic (exact) mass is 373 g/mol. The Hall–Kier alpha value is -2.81. The zero-order valence-electron chi connectivity index (χ0n) is 13.1. The molecule has 2 rings (SSSR count). The second-order valence-electron chi connectivity index (χ2n) is 4.98. The van der Waals surface area contributed by atoms with Crippen molar-refractivity contribution in [1.82, 2.24) is 5.32 Å². The summed E-state index contributed by atoms with van der Waals surface area (Å²) in [5.74, 6) is -0.803. The van der Waals surface area contributed by atoms with Gasteiger partial charge in [0.15, 0.2) is 0 Å². The molecule has 0 atom stereocenters. The highest BCUT2D eigenvalue weighted by atomic mass is 35.5. The van der Waals surface area contributed by atoms with Crippen LogP contribution in [0.5, 0.6) is 0 Å². The number of benzene rings is 2. The third-order valence-corrected chi connectivity index (χ3v) is 3.63. The summed E-state index contributed by atoms with van der Waals surface area (Å²) < 4.78 is 0. The summed E-state index contributed by atoms with van der Waals surface area (Å²) in [7, 11) is 1.54. The van der Waals surface area contributed by atoms with Crippen LogP contribution in [0.15, 0.2) is 48.0 Å². The number of rotatable bonds is 4. The Morgan fingerprint density at radius 1 is 1.08 bits per heavy atom. The number of hydrogen-bond acceptors (Lipinski definition) is 3. The van der Waals surface area contributed by atoms with Gasteiger partial charge in [-0.3, -0.25) is 9.59 Å². The molecule has 0 aliphatic carbocycles. The fourth-order valence-electron chi connectivity index (χ4n) is 2.01. The van der Waals surface area contributed by atoms with E-state index >= 15 is 0 Å². The molecule has 0 unspecified atom stereocenters. The van der Waals surface area contributed by atoms with Crippen LogP contribution in [0.1, 0.15) is 15.9 Å². The van der Waals surface area contributed by atoms with Gasteiger partial charge in [-0.1, -0.05) is 35.3 Å². The molecule has 0 fully saturated rings. The molecule has 0 heterocycles. The van der Waals surface area contributed by atoms with Gasteiger partial charge in [-0.05, 0) is 42.0 Å². The van der Waals surface area contributed by atoms with E-state index in [1.54, 1.807) is 24.3 Å². The Bertz CT molecular complexity index is 864. The van der Waals surface area contributed by atoms with Crippen LogP contribution in [0.4, 0.5) is 5.69 Å². The Labute approximate surface area is 154 Å². The van der Waals surface area contributed by atoms with Crippen LogP contribution in [-0.2, 0) is 4.79 Å². The summed E-state index contributed by atoms with van der Waals surface area (Å²) in [5.41, 5.74) is 1.39. The fourth-order valence-corrected chi connectivity index (χ4v) is 2.54. The minimum Gasteiger partial charge on any atom is -0.355 e. The Balaban J connectivity index is 2.20. The van der Waals surface area contributed by atoms with Crippen molar-refractivity contribution >= 4 is 46.8 Å². The van der Waals surface area contributed by atoms with Gasteiger partial charge in [0.05, 0.1) is 0 Å². The van der Waals surface area contributed by atoms with Gasteiger partial charge in [0.25, 0.3) is 11.8 Å². The van der Waals surface area contributed by atoms with Gasteiger partial charge in [-0.2, -0.15) is 5.26 Å². The minimum absolute atomic E-state index is 0.0937. The summed E-state index contributed by atoms with van der Waals surface area (Å²) in [5, 5.41) is 15.1. The summed E-state index contributed by atoms with van der Waals surface area (Å²) in [6.07, 6.45) is 1.43. The van der Waals surface area contributed by atoms with E-state index in [4.69, 9.17) is 23.2 Å². The van der Waals surface area contributed by atoms with Crippen LogP contribution < -0.4 is 10.6 Å². The molecule has 0 spiro atoms. The van der Waals surface area contributed by atoms with Gasteiger partial charge in [-0.15, -0.1) is 0 Å². The quantitative estimate of drug-likeness (QED) is 0.629. The molecule has 7 heteroatoms. The summed E-state index contributed by atoms with van der Waals surface area (Å²) in [6.45, 7) is 0. The van der Waals surface area contributed by atoms with Crippen molar-refractivity contribution in [2.24, 2.45) is 0 Å². The summed E-state index contributed by atoms with van der Waals surface area (Å²) >= 11 is 11.8. The second kappa shape index (κ2) is 8.34. The van der Waals surface area contributed by atoms with Crippen LogP contribution in [0.2, 0.25) is 10.0 Å². The lowest BCUT2D eigenvalue weighted by Gasteiger charge is -2.06. The summed E-state index contributed by atoms with van der Waals surface area (Å²) in [4.78, 5) is 23.7. The number of amides is 2. The van der Waals surface area contributed by atoms with Crippen LogP contribution in [0.3, 0.4) is 0 Å². The molecule has 0 bridgehead atoms. The topological polar surface area (TPSA) is 82.0 Å². The number of nitrogens with one attached hydrogen (secondary N) is 2. The maximum absolute atomic E-state index is 12.2. The number of anilines is 1. The number of carbonyl (C=O) groups is 2. The van der Waals surface area contributed by atoms with E-state index in [1.165, 1.54) is 31.3 Å². The largest absolute Gasteiger partial charge is 0.355 e. The average molecular weight is 374 g/mol. The minimum atomic E-state index is -0.587. The molecule has 0 aliphatic heterocycles. The van der Waals surface area contributed by atoms with Gasteiger partial charge >= 0.3 is 0 Å². The molecule has 0 radical (unpaired) electrons.